The highest BCUT2D eigenvalue weighted by Gasteiger charge is 2.19. The summed E-state index contributed by atoms with van der Waals surface area (Å²) in [5, 5.41) is 7.83. The Hall–Kier alpha value is -2.92. The lowest BCUT2D eigenvalue weighted by Crippen LogP contribution is -2.32. The van der Waals surface area contributed by atoms with Crippen molar-refractivity contribution in [2.45, 2.75) is 25.9 Å². The summed E-state index contributed by atoms with van der Waals surface area (Å²) in [5.41, 5.74) is 1.83. The minimum atomic E-state index is -0.357. The van der Waals surface area contributed by atoms with Crippen molar-refractivity contribution >= 4 is 17.5 Å². The smallest absolute Gasteiger partial charge is 0.272 e. The molecule has 0 aliphatic carbocycles. The van der Waals surface area contributed by atoms with Gasteiger partial charge in [0.15, 0.2) is 0 Å². The van der Waals surface area contributed by atoms with Crippen LogP contribution in [0.3, 0.4) is 0 Å². The number of hydrogen-bond acceptors (Lipinski definition) is 3. The van der Waals surface area contributed by atoms with Gasteiger partial charge in [-0.2, -0.15) is 5.10 Å². The second-order valence-electron chi connectivity index (χ2n) is 6.15. The summed E-state index contributed by atoms with van der Waals surface area (Å²) in [6, 6.07) is 19.5. The molecule has 0 bridgehead atoms. The van der Waals surface area contributed by atoms with Crippen LogP contribution < -0.4 is 10.9 Å². The minimum Gasteiger partial charge on any atom is -0.340 e. The van der Waals surface area contributed by atoms with Crippen LogP contribution in [-0.2, 0) is 6.54 Å². The lowest BCUT2D eigenvalue weighted by atomic mass is 9.98. The molecule has 138 valence electrons. The molecule has 0 saturated heterocycles. The van der Waals surface area contributed by atoms with Crippen molar-refractivity contribution in [1.29, 1.82) is 0 Å². The molecule has 0 saturated carbocycles. The van der Waals surface area contributed by atoms with Crippen molar-refractivity contribution in [3.8, 4) is 0 Å². The number of aryl methyl sites for hydroxylation is 1. The fraction of sp³-hybridized carbons (Fsp3) is 0.190. The zero-order valence-corrected chi connectivity index (χ0v) is 15.7. The van der Waals surface area contributed by atoms with E-state index in [2.05, 4.69) is 10.4 Å². The highest BCUT2D eigenvalue weighted by atomic mass is 35.5. The second kappa shape index (κ2) is 8.64. The van der Waals surface area contributed by atoms with Crippen LogP contribution in [0, 0.1) is 0 Å². The Balaban J connectivity index is 1.92. The first-order chi connectivity index (χ1) is 13.1. The third-order valence-electron chi connectivity index (χ3n) is 4.15. The Morgan fingerprint density at radius 1 is 1.04 bits per heavy atom. The number of nitrogens with zero attached hydrogens (tertiary/aromatic N) is 2. The first-order valence-electron chi connectivity index (χ1n) is 8.78. The van der Waals surface area contributed by atoms with E-state index in [-0.39, 0.29) is 23.2 Å². The van der Waals surface area contributed by atoms with Crippen LogP contribution in [-0.4, -0.2) is 15.7 Å². The fourth-order valence-corrected chi connectivity index (χ4v) is 2.93. The SMILES string of the molecule is CCCn1nc(C(=O)N[C@@H](c2ccccc2)c2ccc(Cl)cc2)ccc1=O. The first kappa shape index (κ1) is 18.9. The maximum absolute atomic E-state index is 12.8. The molecule has 0 aliphatic heterocycles. The van der Waals surface area contributed by atoms with Gasteiger partial charge in [-0.05, 0) is 35.7 Å². The topological polar surface area (TPSA) is 64.0 Å². The average molecular weight is 382 g/mol. The van der Waals surface area contributed by atoms with Gasteiger partial charge in [0.05, 0.1) is 6.04 Å². The van der Waals surface area contributed by atoms with Crippen molar-refractivity contribution in [2.24, 2.45) is 0 Å². The summed E-state index contributed by atoms with van der Waals surface area (Å²) in [7, 11) is 0. The molecule has 1 heterocycles. The van der Waals surface area contributed by atoms with Crippen molar-refractivity contribution < 1.29 is 4.79 Å². The van der Waals surface area contributed by atoms with E-state index in [9.17, 15) is 9.59 Å². The minimum absolute atomic E-state index is 0.206. The van der Waals surface area contributed by atoms with Gasteiger partial charge in [-0.25, -0.2) is 4.68 Å². The standard InChI is InChI=1S/C21H20ClN3O2/c1-2-14-25-19(26)13-12-18(24-25)21(27)23-20(15-6-4-3-5-7-15)16-8-10-17(22)11-9-16/h3-13,20H,2,14H2,1H3,(H,23,27)/t20-/m0/s1. The van der Waals surface area contributed by atoms with Gasteiger partial charge in [-0.3, -0.25) is 9.59 Å². The summed E-state index contributed by atoms with van der Waals surface area (Å²) in [6.45, 7) is 2.42. The van der Waals surface area contributed by atoms with Crippen LogP contribution in [0.25, 0.3) is 0 Å². The molecular formula is C21H20ClN3O2. The summed E-state index contributed by atoms with van der Waals surface area (Å²) >= 11 is 6.00. The number of aromatic nitrogens is 2. The molecule has 1 amide bonds. The Kier molecular flexibility index (Phi) is 6.04. The summed E-state index contributed by atoms with van der Waals surface area (Å²) < 4.78 is 1.31. The monoisotopic (exact) mass is 381 g/mol. The van der Waals surface area contributed by atoms with Crippen molar-refractivity contribution in [3.63, 3.8) is 0 Å². The molecule has 2 aromatic carbocycles. The molecule has 3 aromatic rings. The van der Waals surface area contributed by atoms with Crippen LogP contribution in [0.4, 0.5) is 0 Å². The number of hydrogen-bond donors (Lipinski definition) is 1. The molecule has 6 heteroatoms. The molecule has 27 heavy (non-hydrogen) atoms. The quantitative estimate of drug-likeness (QED) is 0.705. The zero-order chi connectivity index (χ0) is 19.2. The highest BCUT2D eigenvalue weighted by Crippen LogP contribution is 2.23. The summed E-state index contributed by atoms with van der Waals surface area (Å²) in [6.07, 6.45) is 0.759. The number of rotatable bonds is 6. The predicted molar refractivity (Wildman–Crippen MR) is 106 cm³/mol. The number of amides is 1. The molecule has 1 N–H and O–H groups in total. The molecule has 0 fully saturated rings. The van der Waals surface area contributed by atoms with Crippen molar-refractivity contribution in [2.75, 3.05) is 0 Å². The molecule has 0 aliphatic rings. The van der Waals surface area contributed by atoms with Gasteiger partial charge >= 0.3 is 0 Å². The van der Waals surface area contributed by atoms with E-state index in [0.717, 1.165) is 17.5 Å². The average Bonchev–Trinajstić information content (AvgIpc) is 2.69. The van der Waals surface area contributed by atoms with E-state index >= 15 is 0 Å². The normalized spacial score (nSPS) is 11.8. The molecule has 3 rings (SSSR count). The van der Waals surface area contributed by atoms with Gasteiger partial charge in [-0.15, -0.1) is 0 Å². The van der Waals surface area contributed by atoms with Gasteiger partial charge < -0.3 is 5.32 Å². The van der Waals surface area contributed by atoms with Crippen LogP contribution >= 0.6 is 11.6 Å². The fourth-order valence-electron chi connectivity index (χ4n) is 2.81. The maximum atomic E-state index is 12.8. The van der Waals surface area contributed by atoms with E-state index in [0.29, 0.717) is 11.6 Å². The third kappa shape index (κ3) is 4.63. The molecule has 0 unspecified atom stereocenters. The number of halogens is 1. The van der Waals surface area contributed by atoms with E-state index < -0.39 is 0 Å². The van der Waals surface area contributed by atoms with Gasteiger partial charge in [-0.1, -0.05) is 61.0 Å². The molecule has 1 atom stereocenters. The molecule has 0 spiro atoms. The zero-order valence-electron chi connectivity index (χ0n) is 14.9. The third-order valence-corrected chi connectivity index (χ3v) is 4.40. The lowest BCUT2D eigenvalue weighted by Gasteiger charge is -2.20. The lowest BCUT2D eigenvalue weighted by molar-refractivity contribution is 0.0935. The van der Waals surface area contributed by atoms with Crippen molar-refractivity contribution in [1.82, 2.24) is 15.1 Å². The highest BCUT2D eigenvalue weighted by molar-refractivity contribution is 6.30. The van der Waals surface area contributed by atoms with Gasteiger partial charge in [0.25, 0.3) is 11.5 Å². The number of carbonyl (C=O) groups is 1. The molecule has 5 nitrogen and oxygen atoms in total. The van der Waals surface area contributed by atoms with Crippen molar-refractivity contribution in [3.05, 3.63) is 98.9 Å². The molecular weight excluding hydrogens is 362 g/mol. The number of benzene rings is 2. The van der Waals surface area contributed by atoms with E-state index in [4.69, 9.17) is 11.6 Å². The Labute approximate surface area is 162 Å². The Morgan fingerprint density at radius 2 is 1.70 bits per heavy atom. The van der Waals surface area contributed by atoms with Crippen LogP contribution in [0.1, 0.15) is 41.0 Å². The largest absolute Gasteiger partial charge is 0.340 e. The van der Waals surface area contributed by atoms with E-state index in [1.807, 2.05) is 49.4 Å². The number of carbonyl (C=O) groups excluding carboxylic acids is 1. The first-order valence-corrected chi connectivity index (χ1v) is 9.15. The Morgan fingerprint density at radius 3 is 2.37 bits per heavy atom. The van der Waals surface area contributed by atoms with E-state index in [1.54, 1.807) is 12.1 Å². The van der Waals surface area contributed by atoms with Crippen LogP contribution in [0.15, 0.2) is 71.5 Å². The Bertz CT molecular complexity index is 969. The number of nitrogens with one attached hydrogen (secondary N) is 1. The molecule has 1 aromatic heterocycles. The molecule has 0 radical (unpaired) electrons. The predicted octanol–water partition coefficient (Wildman–Crippen LogP) is 3.83. The summed E-state index contributed by atoms with van der Waals surface area (Å²) in [4.78, 5) is 24.7. The van der Waals surface area contributed by atoms with Gasteiger partial charge in [0.2, 0.25) is 0 Å². The van der Waals surface area contributed by atoms with Crippen LogP contribution in [0.2, 0.25) is 5.02 Å². The van der Waals surface area contributed by atoms with Gasteiger partial charge in [0.1, 0.15) is 5.69 Å². The maximum Gasteiger partial charge on any atom is 0.272 e. The second-order valence-corrected chi connectivity index (χ2v) is 6.59. The van der Waals surface area contributed by atoms with Gasteiger partial charge in [0, 0.05) is 17.6 Å². The van der Waals surface area contributed by atoms with Crippen LogP contribution in [0.5, 0.6) is 0 Å². The summed E-state index contributed by atoms with van der Waals surface area (Å²) in [5.74, 6) is -0.344. The van der Waals surface area contributed by atoms with E-state index in [1.165, 1.54) is 16.8 Å².